The molecule has 1 aromatic rings. The van der Waals surface area contributed by atoms with Crippen molar-refractivity contribution in [2.45, 2.75) is 57.4 Å². The van der Waals surface area contributed by atoms with Gasteiger partial charge in [-0.3, -0.25) is 0 Å². The Kier molecular flexibility index (Phi) is 6.37. The first-order chi connectivity index (χ1) is 10.3. The molecule has 3 heteroatoms. The van der Waals surface area contributed by atoms with Gasteiger partial charge in [0.1, 0.15) is 0 Å². The van der Waals surface area contributed by atoms with Crippen molar-refractivity contribution in [3.63, 3.8) is 0 Å². The molecule has 1 fully saturated rings. The molecular formula is C18H29NO2. The Morgan fingerprint density at radius 1 is 1.10 bits per heavy atom. The largest absolute Gasteiger partial charge is 0.493 e. The van der Waals surface area contributed by atoms with Gasteiger partial charge in [-0.1, -0.05) is 25.8 Å². The zero-order valence-electron chi connectivity index (χ0n) is 13.7. The van der Waals surface area contributed by atoms with E-state index in [0.29, 0.717) is 12.0 Å². The number of rotatable bonds is 6. The van der Waals surface area contributed by atoms with Crippen LogP contribution in [-0.4, -0.2) is 26.8 Å². The molecule has 0 heterocycles. The molecule has 3 nitrogen and oxygen atoms in total. The van der Waals surface area contributed by atoms with Crippen molar-refractivity contribution < 1.29 is 9.47 Å². The molecule has 21 heavy (non-hydrogen) atoms. The van der Waals surface area contributed by atoms with Gasteiger partial charge in [0.2, 0.25) is 0 Å². The van der Waals surface area contributed by atoms with E-state index in [1.54, 1.807) is 14.2 Å². The number of ether oxygens (including phenoxy) is 2. The molecule has 2 unspecified atom stereocenters. The van der Waals surface area contributed by atoms with Crippen LogP contribution in [0.15, 0.2) is 18.2 Å². The maximum Gasteiger partial charge on any atom is 0.160 e. The summed E-state index contributed by atoms with van der Waals surface area (Å²) in [6.45, 7) is 3.36. The summed E-state index contributed by atoms with van der Waals surface area (Å²) in [7, 11) is 3.40. The topological polar surface area (TPSA) is 30.5 Å². The average molecular weight is 291 g/mol. The number of hydrogen-bond donors (Lipinski definition) is 1. The second-order valence-electron chi connectivity index (χ2n) is 5.98. The van der Waals surface area contributed by atoms with Crippen molar-refractivity contribution in [1.82, 2.24) is 5.32 Å². The van der Waals surface area contributed by atoms with Crippen LogP contribution in [0.2, 0.25) is 0 Å². The third kappa shape index (κ3) is 4.37. The maximum atomic E-state index is 5.45. The van der Waals surface area contributed by atoms with E-state index in [1.807, 2.05) is 6.07 Å². The lowest BCUT2D eigenvalue weighted by atomic mass is 9.90. The Morgan fingerprint density at radius 3 is 2.57 bits per heavy atom. The van der Waals surface area contributed by atoms with Gasteiger partial charge in [0.15, 0.2) is 11.5 Å². The van der Waals surface area contributed by atoms with Gasteiger partial charge in [-0.2, -0.15) is 0 Å². The third-order valence-corrected chi connectivity index (χ3v) is 4.49. The van der Waals surface area contributed by atoms with Gasteiger partial charge in [0.25, 0.3) is 0 Å². The smallest absolute Gasteiger partial charge is 0.160 e. The molecule has 2 atom stereocenters. The fraction of sp³-hybridized carbons (Fsp3) is 0.667. The van der Waals surface area contributed by atoms with E-state index in [4.69, 9.17) is 9.47 Å². The highest BCUT2D eigenvalue weighted by molar-refractivity contribution is 5.44. The van der Waals surface area contributed by atoms with Gasteiger partial charge in [0, 0.05) is 6.04 Å². The Morgan fingerprint density at radius 2 is 1.86 bits per heavy atom. The van der Waals surface area contributed by atoms with Crippen LogP contribution in [0.4, 0.5) is 0 Å². The number of methoxy groups -OCH3 is 2. The first-order valence-corrected chi connectivity index (χ1v) is 8.23. The van der Waals surface area contributed by atoms with Gasteiger partial charge in [-0.05, 0) is 55.8 Å². The number of benzene rings is 1. The molecule has 0 saturated heterocycles. The number of hydrogen-bond acceptors (Lipinski definition) is 3. The summed E-state index contributed by atoms with van der Waals surface area (Å²) in [6.07, 6.45) is 7.69. The maximum absolute atomic E-state index is 5.45. The second-order valence-corrected chi connectivity index (χ2v) is 5.98. The molecule has 1 aliphatic rings. The first kappa shape index (κ1) is 16.2. The molecular weight excluding hydrogens is 262 g/mol. The van der Waals surface area contributed by atoms with Crippen molar-refractivity contribution >= 4 is 0 Å². The molecule has 1 aromatic carbocycles. The van der Waals surface area contributed by atoms with Crippen LogP contribution in [0.1, 0.15) is 56.9 Å². The molecule has 0 aliphatic heterocycles. The van der Waals surface area contributed by atoms with Gasteiger partial charge < -0.3 is 14.8 Å². The summed E-state index contributed by atoms with van der Waals surface area (Å²) in [4.78, 5) is 0. The Hall–Kier alpha value is -1.22. The summed E-state index contributed by atoms with van der Waals surface area (Å²) in [6, 6.07) is 7.05. The average Bonchev–Trinajstić information content (AvgIpc) is 2.77. The van der Waals surface area contributed by atoms with Crippen LogP contribution in [0.5, 0.6) is 11.5 Å². The van der Waals surface area contributed by atoms with Crippen LogP contribution in [-0.2, 0) is 0 Å². The fourth-order valence-electron chi connectivity index (χ4n) is 3.30. The molecule has 118 valence electrons. The Balaban J connectivity index is 2.11. The Labute approximate surface area is 129 Å². The molecule has 1 N–H and O–H groups in total. The summed E-state index contributed by atoms with van der Waals surface area (Å²) < 4.78 is 10.8. The van der Waals surface area contributed by atoms with E-state index >= 15 is 0 Å². The monoisotopic (exact) mass is 291 g/mol. The van der Waals surface area contributed by atoms with Gasteiger partial charge in [0.05, 0.1) is 14.2 Å². The van der Waals surface area contributed by atoms with Gasteiger partial charge in [-0.25, -0.2) is 0 Å². The number of nitrogens with one attached hydrogen (secondary N) is 1. The van der Waals surface area contributed by atoms with Crippen LogP contribution in [0, 0.1) is 0 Å². The standard InChI is InChI=1S/C18H29NO2/c1-4-11-19-16-8-6-5-7-14(12-16)15-9-10-17(20-2)18(13-15)21-3/h9-10,13-14,16,19H,4-8,11-12H2,1-3H3. The molecule has 0 spiro atoms. The van der Waals surface area contributed by atoms with E-state index < -0.39 is 0 Å². The van der Waals surface area contributed by atoms with E-state index in [1.165, 1.54) is 44.1 Å². The first-order valence-electron chi connectivity index (χ1n) is 8.23. The van der Waals surface area contributed by atoms with Crippen molar-refractivity contribution in [3.05, 3.63) is 23.8 Å². The van der Waals surface area contributed by atoms with Gasteiger partial charge >= 0.3 is 0 Å². The Bertz CT molecular complexity index is 433. The van der Waals surface area contributed by atoms with Crippen molar-refractivity contribution in [1.29, 1.82) is 0 Å². The summed E-state index contributed by atoms with van der Waals surface area (Å²) in [5.41, 5.74) is 1.39. The van der Waals surface area contributed by atoms with E-state index in [0.717, 1.165) is 18.0 Å². The second kappa shape index (κ2) is 8.28. The zero-order chi connectivity index (χ0) is 15.1. The predicted octanol–water partition coefficient (Wildman–Crippen LogP) is 4.12. The van der Waals surface area contributed by atoms with Crippen LogP contribution in [0.3, 0.4) is 0 Å². The fourth-order valence-corrected chi connectivity index (χ4v) is 3.30. The lowest BCUT2D eigenvalue weighted by Crippen LogP contribution is -2.30. The molecule has 2 rings (SSSR count). The molecule has 1 saturated carbocycles. The lowest BCUT2D eigenvalue weighted by Gasteiger charge is -2.22. The van der Waals surface area contributed by atoms with Crippen molar-refractivity contribution in [2.24, 2.45) is 0 Å². The minimum Gasteiger partial charge on any atom is -0.493 e. The molecule has 0 radical (unpaired) electrons. The molecule has 0 amide bonds. The van der Waals surface area contributed by atoms with Crippen LogP contribution in [0.25, 0.3) is 0 Å². The normalized spacial score (nSPS) is 22.6. The van der Waals surface area contributed by atoms with Crippen LogP contribution >= 0.6 is 0 Å². The van der Waals surface area contributed by atoms with Crippen molar-refractivity contribution in [2.75, 3.05) is 20.8 Å². The SMILES string of the molecule is CCCNC1CCCCC(c2ccc(OC)c(OC)c2)C1. The lowest BCUT2D eigenvalue weighted by molar-refractivity contribution is 0.353. The minimum absolute atomic E-state index is 0.627. The van der Waals surface area contributed by atoms with Crippen LogP contribution < -0.4 is 14.8 Å². The van der Waals surface area contributed by atoms with Gasteiger partial charge in [-0.15, -0.1) is 0 Å². The molecule has 0 bridgehead atoms. The van der Waals surface area contributed by atoms with E-state index in [9.17, 15) is 0 Å². The highest BCUT2D eigenvalue weighted by Crippen LogP contribution is 2.36. The summed E-state index contributed by atoms with van der Waals surface area (Å²) >= 11 is 0. The predicted molar refractivity (Wildman–Crippen MR) is 87.5 cm³/mol. The minimum atomic E-state index is 0.627. The quantitative estimate of drug-likeness (QED) is 0.800. The third-order valence-electron chi connectivity index (χ3n) is 4.49. The van der Waals surface area contributed by atoms with Crippen molar-refractivity contribution in [3.8, 4) is 11.5 Å². The summed E-state index contributed by atoms with van der Waals surface area (Å²) in [5, 5.41) is 3.71. The highest BCUT2D eigenvalue weighted by Gasteiger charge is 2.22. The van der Waals surface area contributed by atoms with E-state index in [2.05, 4.69) is 24.4 Å². The summed E-state index contributed by atoms with van der Waals surface area (Å²) in [5.74, 6) is 2.29. The molecule has 1 aliphatic carbocycles. The highest BCUT2D eigenvalue weighted by atomic mass is 16.5. The van der Waals surface area contributed by atoms with E-state index in [-0.39, 0.29) is 0 Å². The molecule has 0 aromatic heterocycles. The zero-order valence-corrected chi connectivity index (χ0v) is 13.7.